The molecule has 1 atom stereocenters. The molecule has 0 amide bonds. The largest absolute Gasteiger partial charge is 0.309 e. The molecule has 0 N–H and O–H groups in total. The third-order valence-corrected chi connectivity index (χ3v) is 7.14. The highest BCUT2D eigenvalue weighted by Gasteiger charge is 2.33. The van der Waals surface area contributed by atoms with Crippen molar-refractivity contribution < 1.29 is 4.79 Å². The van der Waals surface area contributed by atoms with Crippen LogP contribution in [0.5, 0.6) is 0 Å². The van der Waals surface area contributed by atoms with Crippen LogP contribution in [0.15, 0.2) is 115 Å². The third-order valence-electron chi connectivity index (χ3n) is 7.14. The molecule has 0 unspecified atom stereocenters. The SMILES string of the molecule is O=Cc1ccc([C@H]2c3ccccc3-c3c2ccc2c4ccccc4n(-c4ccccc4)c32)cc1. The van der Waals surface area contributed by atoms with Crippen molar-refractivity contribution in [3.63, 3.8) is 0 Å². The van der Waals surface area contributed by atoms with Crippen LogP contribution in [-0.4, -0.2) is 10.9 Å². The normalized spacial score (nSPS) is 14.3. The Morgan fingerprint density at radius 2 is 1.35 bits per heavy atom. The molecule has 2 heteroatoms. The molecule has 1 heterocycles. The molecule has 0 spiro atoms. The molecule has 1 aliphatic rings. The van der Waals surface area contributed by atoms with E-state index in [-0.39, 0.29) is 5.92 Å². The van der Waals surface area contributed by atoms with E-state index in [9.17, 15) is 4.79 Å². The van der Waals surface area contributed by atoms with E-state index in [4.69, 9.17) is 0 Å². The number of para-hydroxylation sites is 2. The van der Waals surface area contributed by atoms with E-state index in [1.54, 1.807) is 0 Å². The molecule has 1 aromatic heterocycles. The highest BCUT2D eigenvalue weighted by atomic mass is 16.1. The molecule has 0 saturated carbocycles. The van der Waals surface area contributed by atoms with Gasteiger partial charge in [0.1, 0.15) is 6.29 Å². The third kappa shape index (κ3) is 2.60. The van der Waals surface area contributed by atoms with Crippen molar-refractivity contribution in [3.05, 3.63) is 138 Å². The van der Waals surface area contributed by atoms with Crippen LogP contribution < -0.4 is 0 Å². The number of rotatable bonds is 3. The summed E-state index contributed by atoms with van der Waals surface area (Å²) in [4.78, 5) is 11.2. The fourth-order valence-corrected chi connectivity index (χ4v) is 5.71. The van der Waals surface area contributed by atoms with Gasteiger partial charge >= 0.3 is 0 Å². The van der Waals surface area contributed by atoms with Gasteiger partial charge in [0, 0.05) is 33.5 Å². The fourth-order valence-electron chi connectivity index (χ4n) is 5.71. The Kier molecular flexibility index (Phi) is 4.09. The van der Waals surface area contributed by atoms with Gasteiger partial charge in [-0.05, 0) is 40.5 Å². The second kappa shape index (κ2) is 7.29. The molecular weight excluding hydrogens is 414 g/mol. The predicted octanol–water partition coefficient (Wildman–Crippen LogP) is 7.76. The van der Waals surface area contributed by atoms with Gasteiger partial charge in [-0.15, -0.1) is 0 Å². The summed E-state index contributed by atoms with van der Waals surface area (Å²) in [5.74, 6) is 0.138. The lowest BCUT2D eigenvalue weighted by atomic mass is 9.88. The number of fused-ring (bicyclic) bond motifs is 7. The van der Waals surface area contributed by atoms with Crippen LogP contribution in [-0.2, 0) is 0 Å². The van der Waals surface area contributed by atoms with Crippen LogP contribution >= 0.6 is 0 Å². The van der Waals surface area contributed by atoms with Gasteiger partial charge in [-0.25, -0.2) is 0 Å². The molecular formula is C32H21NO. The number of aromatic nitrogens is 1. The molecule has 0 bridgehead atoms. The number of aldehydes is 1. The second-order valence-corrected chi connectivity index (χ2v) is 8.92. The number of hydrogen-bond donors (Lipinski definition) is 0. The molecule has 0 radical (unpaired) electrons. The van der Waals surface area contributed by atoms with Crippen LogP contribution in [0.25, 0.3) is 38.6 Å². The van der Waals surface area contributed by atoms with E-state index in [2.05, 4.69) is 108 Å². The lowest BCUT2D eigenvalue weighted by Crippen LogP contribution is -2.00. The summed E-state index contributed by atoms with van der Waals surface area (Å²) in [5, 5.41) is 2.53. The van der Waals surface area contributed by atoms with E-state index in [0.29, 0.717) is 5.56 Å². The summed E-state index contributed by atoms with van der Waals surface area (Å²) in [6, 6.07) is 40.7. The summed E-state index contributed by atoms with van der Waals surface area (Å²) in [5.41, 5.74) is 10.8. The number of carbonyl (C=O) groups is 1. The minimum Gasteiger partial charge on any atom is -0.309 e. The van der Waals surface area contributed by atoms with Crippen LogP contribution in [0.3, 0.4) is 0 Å². The number of hydrogen-bond acceptors (Lipinski definition) is 1. The first-order valence-corrected chi connectivity index (χ1v) is 11.6. The van der Waals surface area contributed by atoms with Gasteiger partial charge in [0.15, 0.2) is 0 Å². The first-order chi connectivity index (χ1) is 16.8. The summed E-state index contributed by atoms with van der Waals surface area (Å²) >= 11 is 0. The monoisotopic (exact) mass is 435 g/mol. The zero-order chi connectivity index (χ0) is 22.6. The topological polar surface area (TPSA) is 22.0 Å². The lowest BCUT2D eigenvalue weighted by molar-refractivity contribution is 0.112. The maximum atomic E-state index is 11.2. The maximum absolute atomic E-state index is 11.2. The Hall–Kier alpha value is -4.43. The second-order valence-electron chi connectivity index (χ2n) is 8.92. The molecule has 34 heavy (non-hydrogen) atoms. The predicted molar refractivity (Wildman–Crippen MR) is 139 cm³/mol. The van der Waals surface area contributed by atoms with E-state index < -0.39 is 0 Å². The maximum Gasteiger partial charge on any atom is 0.150 e. The highest BCUT2D eigenvalue weighted by Crippen LogP contribution is 2.52. The number of nitrogens with zero attached hydrogens (tertiary/aromatic N) is 1. The fraction of sp³-hybridized carbons (Fsp3) is 0.0312. The van der Waals surface area contributed by atoms with Gasteiger partial charge in [-0.1, -0.05) is 97.1 Å². The summed E-state index contributed by atoms with van der Waals surface area (Å²) in [7, 11) is 0. The van der Waals surface area contributed by atoms with Crippen LogP contribution in [0.2, 0.25) is 0 Å². The molecule has 7 rings (SSSR count). The Morgan fingerprint density at radius 1 is 0.618 bits per heavy atom. The molecule has 1 aliphatic carbocycles. The van der Waals surface area contributed by atoms with Crippen molar-refractivity contribution in [1.82, 2.24) is 4.57 Å². The molecule has 2 nitrogen and oxygen atoms in total. The molecule has 5 aromatic carbocycles. The van der Waals surface area contributed by atoms with Crippen LogP contribution in [0.4, 0.5) is 0 Å². The standard InChI is InChI=1S/C32H21NO/c34-20-21-14-16-22(17-15-21)30-25-11-4-5-12-26(25)31-28(30)19-18-27-24-10-6-7-13-29(24)33(32(27)31)23-8-2-1-3-9-23/h1-20,30H/t30-/m0/s1. The van der Waals surface area contributed by atoms with Gasteiger partial charge in [0.25, 0.3) is 0 Å². The Labute approximate surface area is 197 Å². The summed E-state index contributed by atoms with van der Waals surface area (Å²) in [6.07, 6.45) is 0.905. The van der Waals surface area contributed by atoms with Crippen molar-refractivity contribution in [2.24, 2.45) is 0 Å². The number of carbonyl (C=O) groups excluding carboxylic acids is 1. The van der Waals surface area contributed by atoms with E-state index in [1.807, 2.05) is 12.1 Å². The summed E-state index contributed by atoms with van der Waals surface area (Å²) < 4.78 is 2.41. The Bertz CT molecular complexity index is 1710. The zero-order valence-electron chi connectivity index (χ0n) is 18.5. The number of benzene rings is 5. The van der Waals surface area contributed by atoms with Crippen molar-refractivity contribution >= 4 is 28.1 Å². The summed E-state index contributed by atoms with van der Waals surface area (Å²) in [6.45, 7) is 0. The van der Waals surface area contributed by atoms with Gasteiger partial charge in [-0.3, -0.25) is 4.79 Å². The first-order valence-electron chi connectivity index (χ1n) is 11.6. The first kappa shape index (κ1) is 19.1. The van der Waals surface area contributed by atoms with Gasteiger partial charge in [-0.2, -0.15) is 0 Å². The van der Waals surface area contributed by atoms with Gasteiger partial charge < -0.3 is 4.57 Å². The molecule has 6 aromatic rings. The van der Waals surface area contributed by atoms with Crippen molar-refractivity contribution in [2.45, 2.75) is 5.92 Å². The Morgan fingerprint density at radius 3 is 2.18 bits per heavy atom. The van der Waals surface area contributed by atoms with Crippen LogP contribution in [0, 0.1) is 0 Å². The van der Waals surface area contributed by atoms with E-state index in [0.717, 1.165) is 6.29 Å². The minimum atomic E-state index is 0.138. The molecule has 160 valence electrons. The van der Waals surface area contributed by atoms with Crippen molar-refractivity contribution in [1.29, 1.82) is 0 Å². The van der Waals surface area contributed by atoms with Crippen molar-refractivity contribution in [2.75, 3.05) is 0 Å². The van der Waals surface area contributed by atoms with E-state index >= 15 is 0 Å². The quantitative estimate of drug-likeness (QED) is 0.260. The van der Waals surface area contributed by atoms with Crippen LogP contribution in [0.1, 0.15) is 33.0 Å². The molecule has 0 fully saturated rings. The lowest BCUT2D eigenvalue weighted by Gasteiger charge is -2.15. The zero-order valence-corrected chi connectivity index (χ0v) is 18.5. The molecule has 0 aliphatic heterocycles. The van der Waals surface area contributed by atoms with E-state index in [1.165, 1.54) is 55.3 Å². The molecule has 0 saturated heterocycles. The van der Waals surface area contributed by atoms with Crippen molar-refractivity contribution in [3.8, 4) is 16.8 Å². The van der Waals surface area contributed by atoms with Gasteiger partial charge in [0.2, 0.25) is 0 Å². The van der Waals surface area contributed by atoms with Gasteiger partial charge in [0.05, 0.1) is 11.0 Å². The smallest absolute Gasteiger partial charge is 0.150 e. The average molecular weight is 436 g/mol. The minimum absolute atomic E-state index is 0.138. The average Bonchev–Trinajstić information content (AvgIpc) is 3.42. The Balaban J connectivity index is 1.62. The highest BCUT2D eigenvalue weighted by molar-refractivity contribution is 6.15.